The molecule has 0 fully saturated rings. The molecular weight excluding hydrogens is 217 g/mol. The summed E-state index contributed by atoms with van der Waals surface area (Å²) in [6.45, 7) is 0. The number of hydrogen-bond acceptors (Lipinski definition) is 1. The zero-order valence-corrected chi connectivity index (χ0v) is 8.98. The highest BCUT2D eigenvalue weighted by atomic mass is 19.1. The van der Waals surface area contributed by atoms with E-state index < -0.39 is 5.92 Å². The third-order valence-electron chi connectivity index (χ3n) is 2.98. The number of nitrogens with one attached hydrogen (secondary N) is 1. The average molecular weight is 227 g/mol. The molecule has 1 heterocycles. The van der Waals surface area contributed by atoms with Gasteiger partial charge in [0.25, 0.3) is 0 Å². The molecule has 0 saturated carbocycles. The van der Waals surface area contributed by atoms with Gasteiger partial charge in [-0.3, -0.25) is 4.79 Å². The molecule has 84 valence electrons. The number of anilines is 1. The summed E-state index contributed by atoms with van der Waals surface area (Å²) < 4.78 is 13.2. The first-order valence-corrected chi connectivity index (χ1v) is 5.41. The monoisotopic (exact) mass is 227 g/mol. The fourth-order valence-corrected chi connectivity index (χ4v) is 2.21. The molecule has 1 N–H and O–H groups in total. The standard InChI is InChI=1S/C14H10FNO/c15-10-6-7-12-11(8-10)13(14(17)16-12)9-4-2-1-3-5-9/h1-8,13H,(H,16,17). The highest BCUT2D eigenvalue weighted by molar-refractivity contribution is 6.05. The van der Waals surface area contributed by atoms with E-state index in [1.54, 1.807) is 6.07 Å². The van der Waals surface area contributed by atoms with Gasteiger partial charge < -0.3 is 5.32 Å². The van der Waals surface area contributed by atoms with Gasteiger partial charge in [0.05, 0.1) is 5.92 Å². The second-order valence-corrected chi connectivity index (χ2v) is 4.06. The molecule has 2 nitrogen and oxygen atoms in total. The van der Waals surface area contributed by atoms with E-state index in [4.69, 9.17) is 0 Å². The number of halogens is 1. The van der Waals surface area contributed by atoms with Crippen LogP contribution in [-0.4, -0.2) is 5.91 Å². The molecule has 1 aliphatic rings. The normalized spacial score (nSPS) is 17.7. The van der Waals surface area contributed by atoms with Crippen molar-refractivity contribution in [1.82, 2.24) is 0 Å². The molecule has 1 aliphatic heterocycles. The Morgan fingerprint density at radius 2 is 1.82 bits per heavy atom. The number of carbonyl (C=O) groups is 1. The Hall–Kier alpha value is -2.16. The maximum atomic E-state index is 13.2. The smallest absolute Gasteiger partial charge is 0.236 e. The summed E-state index contributed by atoms with van der Waals surface area (Å²) in [6, 6.07) is 13.8. The Morgan fingerprint density at radius 1 is 1.06 bits per heavy atom. The molecule has 1 unspecified atom stereocenters. The largest absolute Gasteiger partial charge is 0.325 e. The average Bonchev–Trinajstić information content (AvgIpc) is 2.65. The van der Waals surface area contributed by atoms with Gasteiger partial charge in [-0.2, -0.15) is 0 Å². The Kier molecular flexibility index (Phi) is 2.18. The molecule has 1 atom stereocenters. The summed E-state index contributed by atoms with van der Waals surface area (Å²) in [5.74, 6) is -0.820. The molecule has 17 heavy (non-hydrogen) atoms. The number of benzene rings is 2. The van der Waals surface area contributed by atoms with Crippen molar-refractivity contribution < 1.29 is 9.18 Å². The van der Waals surface area contributed by atoms with Gasteiger partial charge >= 0.3 is 0 Å². The van der Waals surface area contributed by atoms with Crippen LogP contribution >= 0.6 is 0 Å². The molecule has 0 bridgehead atoms. The van der Waals surface area contributed by atoms with Crippen LogP contribution in [0.5, 0.6) is 0 Å². The molecule has 0 radical (unpaired) electrons. The number of amides is 1. The van der Waals surface area contributed by atoms with Crippen molar-refractivity contribution in [2.45, 2.75) is 5.92 Å². The third kappa shape index (κ3) is 1.60. The van der Waals surface area contributed by atoms with Crippen LogP contribution in [0.1, 0.15) is 17.0 Å². The lowest BCUT2D eigenvalue weighted by Crippen LogP contribution is -2.12. The Bertz CT molecular complexity index is 580. The SMILES string of the molecule is O=C1Nc2ccc(F)cc2C1c1ccccc1. The summed E-state index contributed by atoms with van der Waals surface area (Å²) in [5.41, 5.74) is 2.29. The van der Waals surface area contributed by atoms with Crippen molar-refractivity contribution in [2.75, 3.05) is 5.32 Å². The zero-order valence-electron chi connectivity index (χ0n) is 8.98. The van der Waals surface area contributed by atoms with E-state index >= 15 is 0 Å². The number of rotatable bonds is 1. The Labute approximate surface area is 98.1 Å². The van der Waals surface area contributed by atoms with E-state index in [0.717, 1.165) is 5.56 Å². The number of carbonyl (C=O) groups excluding carboxylic acids is 1. The van der Waals surface area contributed by atoms with Crippen LogP contribution in [0.3, 0.4) is 0 Å². The van der Waals surface area contributed by atoms with E-state index in [1.807, 2.05) is 30.3 Å². The minimum absolute atomic E-state index is 0.100. The van der Waals surface area contributed by atoms with Gasteiger partial charge in [0.15, 0.2) is 0 Å². The number of hydrogen-bond donors (Lipinski definition) is 1. The predicted molar refractivity (Wildman–Crippen MR) is 63.3 cm³/mol. The van der Waals surface area contributed by atoms with Crippen LogP contribution < -0.4 is 5.32 Å². The highest BCUT2D eigenvalue weighted by Gasteiger charge is 2.31. The van der Waals surface area contributed by atoms with Gasteiger partial charge in [-0.15, -0.1) is 0 Å². The second kappa shape index (κ2) is 3.70. The lowest BCUT2D eigenvalue weighted by molar-refractivity contribution is -0.116. The maximum absolute atomic E-state index is 13.2. The summed E-state index contributed by atoms with van der Waals surface area (Å²) in [7, 11) is 0. The fraction of sp³-hybridized carbons (Fsp3) is 0.0714. The summed E-state index contributed by atoms with van der Waals surface area (Å²) >= 11 is 0. The van der Waals surface area contributed by atoms with Crippen molar-refractivity contribution >= 4 is 11.6 Å². The van der Waals surface area contributed by atoms with Gasteiger partial charge in [0.1, 0.15) is 5.82 Å². The van der Waals surface area contributed by atoms with Crippen LogP contribution in [0.15, 0.2) is 48.5 Å². The van der Waals surface area contributed by atoms with Crippen molar-refractivity contribution in [3.63, 3.8) is 0 Å². The fourth-order valence-electron chi connectivity index (χ4n) is 2.21. The van der Waals surface area contributed by atoms with Crippen LogP contribution in [0, 0.1) is 5.82 Å². The van der Waals surface area contributed by atoms with E-state index in [9.17, 15) is 9.18 Å². The minimum Gasteiger partial charge on any atom is -0.325 e. The molecule has 0 aliphatic carbocycles. The molecule has 2 aromatic rings. The van der Waals surface area contributed by atoms with E-state index in [-0.39, 0.29) is 11.7 Å². The second-order valence-electron chi connectivity index (χ2n) is 4.06. The van der Waals surface area contributed by atoms with Crippen LogP contribution in [0.2, 0.25) is 0 Å². The molecular formula is C14H10FNO. The van der Waals surface area contributed by atoms with E-state index in [1.165, 1.54) is 12.1 Å². The number of fused-ring (bicyclic) bond motifs is 1. The first-order valence-electron chi connectivity index (χ1n) is 5.41. The van der Waals surface area contributed by atoms with E-state index in [0.29, 0.717) is 11.3 Å². The van der Waals surface area contributed by atoms with Crippen molar-refractivity contribution in [3.8, 4) is 0 Å². The van der Waals surface area contributed by atoms with Crippen molar-refractivity contribution in [2.24, 2.45) is 0 Å². The lowest BCUT2D eigenvalue weighted by atomic mass is 9.93. The molecule has 3 heteroatoms. The molecule has 0 saturated heterocycles. The van der Waals surface area contributed by atoms with Crippen LogP contribution in [0.4, 0.5) is 10.1 Å². The quantitative estimate of drug-likeness (QED) is 0.797. The molecule has 0 aromatic heterocycles. The zero-order chi connectivity index (χ0) is 11.8. The van der Waals surface area contributed by atoms with Crippen LogP contribution in [0.25, 0.3) is 0 Å². The summed E-state index contributed by atoms with van der Waals surface area (Å²) in [4.78, 5) is 11.9. The summed E-state index contributed by atoms with van der Waals surface area (Å²) in [6.07, 6.45) is 0. The lowest BCUT2D eigenvalue weighted by Gasteiger charge is -2.08. The predicted octanol–water partition coefficient (Wildman–Crippen LogP) is 2.91. The van der Waals surface area contributed by atoms with Gasteiger partial charge in [-0.25, -0.2) is 4.39 Å². The van der Waals surface area contributed by atoms with Crippen molar-refractivity contribution in [3.05, 3.63) is 65.5 Å². The third-order valence-corrected chi connectivity index (χ3v) is 2.98. The molecule has 1 amide bonds. The van der Waals surface area contributed by atoms with Crippen molar-refractivity contribution in [1.29, 1.82) is 0 Å². The topological polar surface area (TPSA) is 29.1 Å². The first-order chi connectivity index (χ1) is 8.25. The summed E-state index contributed by atoms with van der Waals surface area (Å²) in [5, 5.41) is 2.77. The van der Waals surface area contributed by atoms with Gasteiger partial charge in [-0.1, -0.05) is 30.3 Å². The molecule has 0 spiro atoms. The first kappa shape index (κ1) is 10.0. The molecule has 3 rings (SSSR count). The van der Waals surface area contributed by atoms with Gasteiger partial charge in [0.2, 0.25) is 5.91 Å². The van der Waals surface area contributed by atoms with Crippen LogP contribution in [-0.2, 0) is 4.79 Å². The maximum Gasteiger partial charge on any atom is 0.236 e. The minimum atomic E-state index is -0.401. The van der Waals surface area contributed by atoms with E-state index in [2.05, 4.69) is 5.32 Å². The Morgan fingerprint density at radius 3 is 2.59 bits per heavy atom. The highest BCUT2D eigenvalue weighted by Crippen LogP contribution is 2.37. The Balaban J connectivity index is 2.14. The van der Waals surface area contributed by atoms with Gasteiger partial charge in [0, 0.05) is 5.69 Å². The van der Waals surface area contributed by atoms with Gasteiger partial charge in [-0.05, 0) is 29.3 Å². The molecule has 2 aromatic carbocycles.